The van der Waals surface area contributed by atoms with Crippen LogP contribution in [-0.2, 0) is 36.2 Å². The van der Waals surface area contributed by atoms with Gasteiger partial charge in [-0.2, -0.15) is 26.3 Å². The van der Waals surface area contributed by atoms with Gasteiger partial charge >= 0.3 is 18.0 Å². The van der Waals surface area contributed by atoms with Crippen LogP contribution in [0, 0.1) is 17.7 Å². The Labute approximate surface area is 230 Å². The summed E-state index contributed by atoms with van der Waals surface area (Å²) in [4.78, 5) is 13.0. The number of halogens is 8. The highest BCUT2D eigenvalue weighted by Gasteiger charge is 2.74. The Bertz CT molecular complexity index is 1420. The van der Waals surface area contributed by atoms with Gasteiger partial charge in [-0.05, 0) is 73.4 Å². The third-order valence-electron chi connectivity index (χ3n) is 8.59. The fourth-order valence-electron chi connectivity index (χ4n) is 6.65. The normalized spacial score (nSPS) is 26.9. The maximum Gasteiger partial charge on any atom is 0.435 e. The number of hydrogen-bond donors (Lipinski definition) is 1. The van der Waals surface area contributed by atoms with Crippen molar-refractivity contribution in [3.63, 3.8) is 0 Å². The van der Waals surface area contributed by atoms with E-state index in [2.05, 4.69) is 5.32 Å². The Kier molecular flexibility index (Phi) is 7.20. The van der Waals surface area contributed by atoms with Gasteiger partial charge in [0.1, 0.15) is 10.6 Å². The van der Waals surface area contributed by atoms with Gasteiger partial charge in [0, 0.05) is 18.1 Å². The number of benzene rings is 2. The fourth-order valence-corrected chi connectivity index (χ4v) is 9.12. The molecule has 4 atom stereocenters. The van der Waals surface area contributed by atoms with Crippen molar-refractivity contribution in [3.8, 4) is 0 Å². The van der Waals surface area contributed by atoms with E-state index in [1.54, 1.807) is 0 Å². The highest BCUT2D eigenvalue weighted by atomic mass is 32.2. The van der Waals surface area contributed by atoms with Crippen LogP contribution in [0.15, 0.2) is 47.4 Å². The summed E-state index contributed by atoms with van der Waals surface area (Å²) in [5.41, 5.74) is -7.67. The number of aryl methyl sites for hydroxylation is 1. The van der Waals surface area contributed by atoms with Crippen LogP contribution < -0.4 is 5.32 Å². The van der Waals surface area contributed by atoms with Crippen molar-refractivity contribution in [2.45, 2.75) is 65.8 Å². The molecule has 2 aromatic rings. The molecular weight excluding hydrogens is 586 g/mol. The lowest BCUT2D eigenvalue weighted by molar-refractivity contribution is -0.348. The average Bonchev–Trinajstić information content (AvgIpc) is 3.55. The van der Waals surface area contributed by atoms with E-state index in [1.165, 1.54) is 0 Å². The molecule has 0 unspecified atom stereocenters. The molecule has 0 spiro atoms. The van der Waals surface area contributed by atoms with Crippen molar-refractivity contribution in [3.05, 3.63) is 65.0 Å². The molecule has 0 radical (unpaired) electrons. The summed E-state index contributed by atoms with van der Waals surface area (Å²) in [6.07, 6.45) is -12.5. The van der Waals surface area contributed by atoms with Gasteiger partial charge in [0.05, 0.1) is 17.5 Å². The molecule has 1 heterocycles. The summed E-state index contributed by atoms with van der Waals surface area (Å²) in [6, 6.07) is 5.11. The van der Waals surface area contributed by atoms with Gasteiger partial charge in [0.15, 0.2) is 9.84 Å². The predicted molar refractivity (Wildman–Crippen MR) is 129 cm³/mol. The van der Waals surface area contributed by atoms with E-state index in [4.69, 9.17) is 4.74 Å². The van der Waals surface area contributed by atoms with E-state index in [0.29, 0.717) is 25.2 Å². The number of rotatable bonds is 5. The van der Waals surface area contributed by atoms with Crippen molar-refractivity contribution < 1.29 is 53.1 Å². The monoisotopic (exact) mass is 611 g/mol. The van der Waals surface area contributed by atoms with E-state index in [9.17, 15) is 48.3 Å². The van der Waals surface area contributed by atoms with Crippen LogP contribution in [-0.4, -0.2) is 45.9 Å². The van der Waals surface area contributed by atoms with Gasteiger partial charge in [-0.1, -0.05) is 18.2 Å². The van der Waals surface area contributed by atoms with Crippen LogP contribution in [0.3, 0.4) is 0 Å². The van der Waals surface area contributed by atoms with Gasteiger partial charge in [0.25, 0.3) is 0 Å². The second-order valence-corrected chi connectivity index (χ2v) is 12.9. The summed E-state index contributed by atoms with van der Waals surface area (Å²) in [6.45, 7) is 0.709. The first-order valence-corrected chi connectivity index (χ1v) is 14.4. The first-order chi connectivity index (χ1) is 19.0. The van der Waals surface area contributed by atoms with E-state index < -0.39 is 61.7 Å². The molecule has 1 aliphatic heterocycles. The number of sulfone groups is 1. The molecule has 0 aromatic heterocycles. The van der Waals surface area contributed by atoms with Crippen LogP contribution in [0.2, 0.25) is 0 Å². The zero-order valence-corrected chi connectivity index (χ0v) is 22.1. The molecule has 1 N–H and O–H groups in total. The largest absolute Gasteiger partial charge is 0.435 e. The topological polar surface area (TPSA) is 72.5 Å². The van der Waals surface area contributed by atoms with Crippen LogP contribution in [0.4, 0.5) is 35.1 Å². The highest BCUT2D eigenvalue weighted by Crippen LogP contribution is 2.60. The maximum absolute atomic E-state index is 14.9. The SMILES string of the molecule is O=C(N[C@H]1CCOC1)[C@@H]1CC[C@@]2(S(=O)(=O)c3ccc(F)cc3)c3ccc(C(F)(C(F)(F)F)C(F)(F)F)cc3CC[C@@H]12. The van der Waals surface area contributed by atoms with Crippen LogP contribution in [0.25, 0.3) is 0 Å². The standard InChI is InChI=1S/C27H25F8NO4S/c28-17-3-5-19(6-4-17)41(38,39)24-11-9-20(23(37)36-18-10-12-40-14-18)22(24)7-1-15-13-16(2-8-21(15)24)25(29,26(30,31)32)27(33,34)35/h2-6,8,13,18,20,22H,1,7,9-12,14H2,(H,36,37)/t18-,20+,22-,24+/m0/s1. The molecule has 1 saturated heterocycles. The number of hydrogen-bond acceptors (Lipinski definition) is 4. The van der Waals surface area contributed by atoms with E-state index in [1.807, 2.05) is 0 Å². The molecule has 5 nitrogen and oxygen atoms in total. The van der Waals surface area contributed by atoms with E-state index >= 15 is 0 Å². The predicted octanol–water partition coefficient (Wildman–Crippen LogP) is 5.66. The molecule has 14 heteroatoms. The number of carbonyl (C=O) groups excluding carboxylic acids is 1. The number of nitrogens with one attached hydrogen (secondary N) is 1. The van der Waals surface area contributed by atoms with Crippen molar-refractivity contribution in [1.82, 2.24) is 5.32 Å². The van der Waals surface area contributed by atoms with Gasteiger partial charge < -0.3 is 10.1 Å². The van der Waals surface area contributed by atoms with E-state index in [0.717, 1.165) is 30.3 Å². The molecule has 2 fully saturated rings. The van der Waals surface area contributed by atoms with Crippen LogP contribution in [0.5, 0.6) is 0 Å². The minimum Gasteiger partial charge on any atom is -0.379 e. The molecule has 41 heavy (non-hydrogen) atoms. The lowest BCUT2D eigenvalue weighted by Gasteiger charge is -2.42. The Morgan fingerprint density at radius 2 is 1.59 bits per heavy atom. The molecule has 1 saturated carbocycles. The molecule has 1 amide bonds. The Balaban J connectivity index is 1.65. The Morgan fingerprint density at radius 1 is 0.927 bits per heavy atom. The molecular formula is C27H25F8NO4S. The third-order valence-corrected chi connectivity index (χ3v) is 11.2. The van der Waals surface area contributed by atoms with Crippen molar-refractivity contribution in [2.75, 3.05) is 13.2 Å². The van der Waals surface area contributed by atoms with Crippen molar-refractivity contribution in [1.29, 1.82) is 0 Å². The highest BCUT2D eigenvalue weighted by molar-refractivity contribution is 7.92. The summed E-state index contributed by atoms with van der Waals surface area (Å²) in [5, 5.41) is 2.85. The lowest BCUT2D eigenvalue weighted by Crippen LogP contribution is -2.51. The minimum absolute atomic E-state index is 0.0594. The summed E-state index contributed by atoms with van der Waals surface area (Å²) in [7, 11) is -4.50. The van der Waals surface area contributed by atoms with Crippen LogP contribution in [0.1, 0.15) is 42.4 Å². The quantitative estimate of drug-likeness (QED) is 0.350. The smallest absolute Gasteiger partial charge is 0.379 e. The van der Waals surface area contributed by atoms with Crippen molar-refractivity contribution in [2.24, 2.45) is 11.8 Å². The Morgan fingerprint density at radius 3 is 2.17 bits per heavy atom. The second-order valence-electron chi connectivity index (χ2n) is 10.7. The summed E-state index contributed by atoms with van der Waals surface area (Å²) >= 11 is 0. The average molecular weight is 612 g/mol. The van der Waals surface area contributed by atoms with Gasteiger partial charge in [-0.15, -0.1) is 0 Å². The number of amides is 1. The molecule has 2 aliphatic carbocycles. The molecule has 0 bridgehead atoms. The number of carbonyl (C=O) groups is 1. The maximum atomic E-state index is 14.9. The Hall–Kier alpha value is -2.74. The third kappa shape index (κ3) is 4.52. The molecule has 3 aliphatic rings. The molecule has 224 valence electrons. The van der Waals surface area contributed by atoms with E-state index in [-0.39, 0.29) is 54.4 Å². The summed E-state index contributed by atoms with van der Waals surface area (Å²) in [5.74, 6) is -2.91. The van der Waals surface area contributed by atoms with Gasteiger partial charge in [0.2, 0.25) is 5.91 Å². The van der Waals surface area contributed by atoms with Crippen molar-refractivity contribution >= 4 is 15.7 Å². The second kappa shape index (κ2) is 9.92. The lowest BCUT2D eigenvalue weighted by atomic mass is 9.72. The number of fused-ring (bicyclic) bond motifs is 3. The van der Waals surface area contributed by atoms with Gasteiger partial charge in [-0.25, -0.2) is 17.2 Å². The first kappa shape index (κ1) is 29.7. The summed E-state index contributed by atoms with van der Waals surface area (Å²) < 4.78 is 141. The minimum atomic E-state index is -6.34. The van der Waals surface area contributed by atoms with Crippen LogP contribution >= 0.6 is 0 Å². The zero-order chi connectivity index (χ0) is 30.0. The molecule has 5 rings (SSSR count). The number of alkyl halides is 7. The number of ether oxygens (including phenoxy) is 1. The fraction of sp³-hybridized carbons (Fsp3) is 0.519. The van der Waals surface area contributed by atoms with Gasteiger partial charge in [-0.3, -0.25) is 4.79 Å². The molecule has 2 aromatic carbocycles. The first-order valence-electron chi connectivity index (χ1n) is 12.9. The zero-order valence-electron chi connectivity index (χ0n) is 21.3.